The summed E-state index contributed by atoms with van der Waals surface area (Å²) >= 11 is 0. The summed E-state index contributed by atoms with van der Waals surface area (Å²) in [6, 6.07) is 28.6. The maximum Gasteiger partial charge on any atom is 0.157 e. The quantitative estimate of drug-likeness (QED) is 0.639. The van der Waals surface area contributed by atoms with Crippen LogP contribution in [0.25, 0.3) is 5.57 Å². The number of allylic oxidation sites excluding steroid dienone is 2. The number of carbonyl (C=O) groups excluding carboxylic acids is 1. The van der Waals surface area contributed by atoms with Crippen molar-refractivity contribution in [3.8, 4) is 0 Å². The number of nitrogens with zero attached hydrogens (tertiary/aromatic N) is 1. The minimum atomic E-state index is -0.504. The van der Waals surface area contributed by atoms with Crippen molar-refractivity contribution in [1.29, 1.82) is 0 Å². The van der Waals surface area contributed by atoms with Gasteiger partial charge < -0.3 is 0 Å². The van der Waals surface area contributed by atoms with Crippen LogP contribution in [0.3, 0.4) is 0 Å². The lowest BCUT2D eigenvalue weighted by Crippen LogP contribution is -2.34. The second kappa shape index (κ2) is 5.63. The lowest BCUT2D eigenvalue weighted by atomic mass is 9.68. The van der Waals surface area contributed by atoms with Gasteiger partial charge in [0.1, 0.15) is 0 Å². The highest BCUT2D eigenvalue weighted by molar-refractivity contribution is 6.26. The van der Waals surface area contributed by atoms with E-state index < -0.39 is 5.41 Å². The molecule has 0 bridgehead atoms. The second-order valence-corrected chi connectivity index (χ2v) is 6.82. The van der Waals surface area contributed by atoms with Crippen LogP contribution < -0.4 is 0 Å². The number of fused-ring (bicyclic) bond motifs is 2. The van der Waals surface area contributed by atoms with Crippen molar-refractivity contribution in [2.45, 2.75) is 11.8 Å². The zero-order valence-corrected chi connectivity index (χ0v) is 14.2. The summed E-state index contributed by atoms with van der Waals surface area (Å²) in [5, 5.41) is 0. The molecule has 0 unspecified atom stereocenters. The Labute approximate surface area is 152 Å². The largest absolute Gasteiger partial charge is 0.295 e. The summed E-state index contributed by atoms with van der Waals surface area (Å²) in [4.78, 5) is 17.6. The molecule has 0 aromatic heterocycles. The van der Waals surface area contributed by atoms with Crippen LogP contribution in [0, 0.1) is 0 Å². The molecule has 3 aromatic rings. The van der Waals surface area contributed by atoms with Crippen LogP contribution in [0.15, 0.2) is 96.0 Å². The first-order chi connectivity index (χ1) is 12.8. The molecule has 3 aromatic carbocycles. The average molecular weight is 335 g/mol. The number of rotatable bonds is 2. The van der Waals surface area contributed by atoms with Crippen molar-refractivity contribution in [2.75, 3.05) is 0 Å². The van der Waals surface area contributed by atoms with E-state index in [2.05, 4.69) is 30.3 Å². The van der Waals surface area contributed by atoms with Crippen LogP contribution in [0.2, 0.25) is 0 Å². The van der Waals surface area contributed by atoms with Crippen LogP contribution in [-0.2, 0) is 10.2 Å². The summed E-state index contributed by atoms with van der Waals surface area (Å²) < 4.78 is 0. The van der Waals surface area contributed by atoms with E-state index in [9.17, 15) is 4.79 Å². The van der Waals surface area contributed by atoms with Crippen LogP contribution in [0.4, 0.5) is 5.69 Å². The molecule has 1 heterocycles. The molecule has 2 aliphatic rings. The zero-order chi connectivity index (χ0) is 17.6. The van der Waals surface area contributed by atoms with E-state index in [1.54, 1.807) is 0 Å². The Balaban J connectivity index is 1.80. The Morgan fingerprint density at radius 1 is 0.731 bits per heavy atom. The molecule has 0 fully saturated rings. The number of aliphatic imine (C=N–C) groups is 1. The monoisotopic (exact) mass is 335 g/mol. The van der Waals surface area contributed by atoms with Crippen molar-refractivity contribution in [3.05, 3.63) is 108 Å². The third-order valence-electron chi connectivity index (χ3n) is 5.34. The van der Waals surface area contributed by atoms with Gasteiger partial charge in [0.05, 0.1) is 16.8 Å². The molecule has 5 rings (SSSR count). The minimum Gasteiger partial charge on any atom is -0.295 e. The first-order valence-electron chi connectivity index (χ1n) is 8.83. The van der Waals surface area contributed by atoms with Crippen LogP contribution in [-0.4, -0.2) is 11.5 Å². The standard InChI is InChI=1S/C24H17NO/c26-19-15-21(17-9-3-1-4-10-17)24(16-19)20-13-7-8-14-22(20)25-23(24)18-11-5-2-6-12-18/h1-15H,16H2/t24-/m0/s1. The predicted molar refractivity (Wildman–Crippen MR) is 105 cm³/mol. The Morgan fingerprint density at radius 2 is 1.35 bits per heavy atom. The highest BCUT2D eigenvalue weighted by Crippen LogP contribution is 2.54. The summed E-state index contributed by atoms with van der Waals surface area (Å²) in [5.74, 6) is 0.157. The first-order valence-corrected chi connectivity index (χ1v) is 8.83. The Hall–Kier alpha value is -3.26. The minimum absolute atomic E-state index is 0.157. The summed E-state index contributed by atoms with van der Waals surface area (Å²) in [7, 11) is 0. The summed E-state index contributed by atoms with van der Waals surface area (Å²) in [6.07, 6.45) is 2.25. The summed E-state index contributed by atoms with van der Waals surface area (Å²) in [6.45, 7) is 0. The van der Waals surface area contributed by atoms with Gasteiger partial charge in [-0.25, -0.2) is 0 Å². The molecule has 1 spiro atoms. The molecule has 0 N–H and O–H groups in total. The zero-order valence-electron chi connectivity index (χ0n) is 14.2. The second-order valence-electron chi connectivity index (χ2n) is 6.82. The molecular formula is C24H17NO. The van der Waals surface area contributed by atoms with E-state index in [-0.39, 0.29) is 5.78 Å². The number of para-hydroxylation sites is 1. The number of hydrogen-bond acceptors (Lipinski definition) is 2. The molecule has 0 radical (unpaired) electrons. The van der Waals surface area contributed by atoms with Crippen molar-refractivity contribution >= 4 is 22.8 Å². The van der Waals surface area contributed by atoms with Crippen molar-refractivity contribution < 1.29 is 4.79 Å². The van der Waals surface area contributed by atoms with Crippen LogP contribution in [0.5, 0.6) is 0 Å². The fraction of sp³-hybridized carbons (Fsp3) is 0.0833. The highest BCUT2D eigenvalue weighted by Gasteiger charge is 2.51. The van der Waals surface area contributed by atoms with E-state index in [1.165, 1.54) is 0 Å². The molecule has 0 saturated heterocycles. The molecule has 1 aliphatic heterocycles. The van der Waals surface area contributed by atoms with Gasteiger partial charge in [0.25, 0.3) is 0 Å². The van der Waals surface area contributed by atoms with Gasteiger partial charge in [-0.15, -0.1) is 0 Å². The molecule has 2 heteroatoms. The maximum atomic E-state index is 12.6. The van der Waals surface area contributed by atoms with Gasteiger partial charge in [-0.2, -0.15) is 0 Å². The van der Waals surface area contributed by atoms with E-state index >= 15 is 0 Å². The van der Waals surface area contributed by atoms with Gasteiger partial charge >= 0.3 is 0 Å². The lowest BCUT2D eigenvalue weighted by Gasteiger charge is -2.31. The number of benzene rings is 3. The normalized spacial score (nSPS) is 20.8. The molecule has 0 amide bonds. The van der Waals surface area contributed by atoms with Gasteiger partial charge in [0.2, 0.25) is 0 Å². The van der Waals surface area contributed by atoms with Crippen molar-refractivity contribution in [2.24, 2.45) is 4.99 Å². The van der Waals surface area contributed by atoms with Gasteiger partial charge in [0, 0.05) is 6.42 Å². The van der Waals surface area contributed by atoms with Gasteiger partial charge in [0.15, 0.2) is 5.78 Å². The molecule has 1 atom stereocenters. The van der Waals surface area contributed by atoms with Gasteiger partial charge in [-0.1, -0.05) is 78.9 Å². The van der Waals surface area contributed by atoms with Crippen LogP contribution in [0.1, 0.15) is 23.1 Å². The number of carbonyl (C=O) groups is 1. The van der Waals surface area contributed by atoms with E-state index in [4.69, 9.17) is 4.99 Å². The highest BCUT2D eigenvalue weighted by atomic mass is 16.1. The first kappa shape index (κ1) is 15.0. The number of hydrogen-bond donors (Lipinski definition) is 0. The topological polar surface area (TPSA) is 29.4 Å². The molecule has 26 heavy (non-hydrogen) atoms. The van der Waals surface area contributed by atoms with E-state index in [0.29, 0.717) is 6.42 Å². The SMILES string of the molecule is O=C1C=C(c2ccccc2)[C@@]2(C1)C(c1ccccc1)=Nc1ccccc12. The third kappa shape index (κ3) is 2.05. The molecular weight excluding hydrogens is 318 g/mol. The third-order valence-corrected chi connectivity index (χ3v) is 5.34. The lowest BCUT2D eigenvalue weighted by molar-refractivity contribution is -0.114. The van der Waals surface area contributed by atoms with Gasteiger partial charge in [-0.3, -0.25) is 9.79 Å². The smallest absolute Gasteiger partial charge is 0.157 e. The molecule has 1 aliphatic carbocycles. The maximum absolute atomic E-state index is 12.6. The molecule has 2 nitrogen and oxygen atoms in total. The summed E-state index contributed by atoms with van der Waals surface area (Å²) in [5.41, 5.74) is 5.76. The Kier molecular flexibility index (Phi) is 3.26. The number of ketones is 1. The Bertz CT molecular complexity index is 1060. The average Bonchev–Trinajstić information content (AvgIpc) is 3.22. The van der Waals surface area contributed by atoms with E-state index in [0.717, 1.165) is 33.7 Å². The van der Waals surface area contributed by atoms with Crippen LogP contribution >= 0.6 is 0 Å². The predicted octanol–water partition coefficient (Wildman–Crippen LogP) is 5.12. The van der Waals surface area contributed by atoms with Crippen molar-refractivity contribution in [1.82, 2.24) is 0 Å². The van der Waals surface area contributed by atoms with Gasteiger partial charge in [-0.05, 0) is 34.4 Å². The molecule has 124 valence electrons. The molecule has 0 saturated carbocycles. The fourth-order valence-corrected chi connectivity index (χ4v) is 4.27. The fourth-order valence-electron chi connectivity index (χ4n) is 4.27. The van der Waals surface area contributed by atoms with Crippen molar-refractivity contribution in [3.63, 3.8) is 0 Å². The van der Waals surface area contributed by atoms with E-state index in [1.807, 2.05) is 60.7 Å². The Morgan fingerprint density at radius 3 is 2.08 bits per heavy atom.